The van der Waals surface area contributed by atoms with Gasteiger partial charge in [-0.15, -0.1) is 0 Å². The monoisotopic (exact) mass is 428 g/mol. The maximum atomic E-state index is 13.8. The van der Waals surface area contributed by atoms with Crippen LogP contribution in [0.25, 0.3) is 0 Å². The zero-order chi connectivity index (χ0) is 22.4. The number of allylic oxidation sites excluding steroid dienone is 2. The number of ether oxygens (including phenoxy) is 1. The fraction of sp³-hybridized carbons (Fsp3) is 0.815. The number of rotatable bonds is 5. The highest BCUT2D eigenvalue weighted by Gasteiger charge is 2.62. The summed E-state index contributed by atoms with van der Waals surface area (Å²) in [5.74, 6) is 1.68. The first kappa shape index (κ1) is 22.7. The lowest BCUT2D eigenvalue weighted by molar-refractivity contribution is -0.186. The van der Waals surface area contributed by atoms with E-state index in [9.17, 15) is 14.4 Å². The first-order valence-corrected chi connectivity index (χ1v) is 12.6. The smallest absolute Gasteiger partial charge is 0.306 e. The van der Waals surface area contributed by atoms with E-state index in [1.54, 1.807) is 0 Å². The summed E-state index contributed by atoms with van der Waals surface area (Å²) in [5.41, 5.74) is 0.109. The molecular weight excluding hydrogens is 388 g/mol. The lowest BCUT2D eigenvalue weighted by Crippen LogP contribution is -2.61. The summed E-state index contributed by atoms with van der Waals surface area (Å²) in [4.78, 5) is 38.3. The minimum Gasteiger partial charge on any atom is -0.451 e. The van der Waals surface area contributed by atoms with E-state index in [2.05, 4.69) is 20.8 Å². The number of esters is 1. The molecule has 31 heavy (non-hydrogen) atoms. The van der Waals surface area contributed by atoms with E-state index in [1.807, 2.05) is 13.0 Å². The second kappa shape index (κ2) is 8.15. The average Bonchev–Trinajstić information content (AvgIpc) is 2.72. The van der Waals surface area contributed by atoms with Crippen molar-refractivity contribution in [2.75, 3.05) is 0 Å². The molecule has 4 heteroatoms. The van der Waals surface area contributed by atoms with Gasteiger partial charge in [0.25, 0.3) is 0 Å². The summed E-state index contributed by atoms with van der Waals surface area (Å²) in [7, 11) is 0. The van der Waals surface area contributed by atoms with Crippen LogP contribution in [0.15, 0.2) is 11.6 Å². The van der Waals surface area contributed by atoms with Gasteiger partial charge < -0.3 is 4.74 Å². The Kier molecular flexibility index (Phi) is 5.98. The third kappa shape index (κ3) is 3.72. The minimum atomic E-state index is -0.970. The van der Waals surface area contributed by atoms with E-state index >= 15 is 0 Å². The molecule has 0 unspecified atom stereocenters. The van der Waals surface area contributed by atoms with Crippen molar-refractivity contribution in [3.05, 3.63) is 11.6 Å². The van der Waals surface area contributed by atoms with Gasteiger partial charge in [-0.25, -0.2) is 0 Å². The van der Waals surface area contributed by atoms with Crippen LogP contribution in [0.4, 0.5) is 0 Å². The lowest BCUT2D eigenvalue weighted by atomic mass is 9.43. The van der Waals surface area contributed by atoms with Gasteiger partial charge in [0.2, 0.25) is 0 Å². The third-order valence-electron chi connectivity index (χ3n) is 9.61. The summed E-state index contributed by atoms with van der Waals surface area (Å²) in [6.07, 6.45) is 12.5. The molecule has 3 saturated carbocycles. The standard InChI is InChI=1S/C27H40O4/c1-5-6-7-8-23(29)31-27(4)16-13-22-20-10-9-18-17-19(28)11-14-25(18,2)21(20)12-15-26(22,3)24(27)30/h17,20-22H,5-16H2,1-4H3/t20-,21+,22+,25+,26+,27-/m1/s1. The van der Waals surface area contributed by atoms with Gasteiger partial charge in [0.05, 0.1) is 0 Å². The molecule has 0 heterocycles. The normalized spacial score (nSPS) is 42.2. The molecule has 4 rings (SSSR count). The van der Waals surface area contributed by atoms with Gasteiger partial charge in [-0.05, 0) is 87.5 Å². The van der Waals surface area contributed by atoms with Crippen LogP contribution in [0.2, 0.25) is 0 Å². The van der Waals surface area contributed by atoms with Crippen LogP contribution in [0.1, 0.15) is 105 Å². The molecule has 4 aliphatic rings. The van der Waals surface area contributed by atoms with Gasteiger partial charge in [0.1, 0.15) is 0 Å². The molecule has 0 aromatic rings. The Labute approximate surface area is 187 Å². The summed E-state index contributed by atoms with van der Waals surface area (Å²) >= 11 is 0. The van der Waals surface area contributed by atoms with Crippen LogP contribution >= 0.6 is 0 Å². The van der Waals surface area contributed by atoms with E-state index in [1.165, 1.54) is 5.57 Å². The highest BCUT2D eigenvalue weighted by Crippen LogP contribution is 2.64. The Morgan fingerprint density at radius 2 is 1.68 bits per heavy atom. The van der Waals surface area contributed by atoms with E-state index in [4.69, 9.17) is 4.74 Å². The van der Waals surface area contributed by atoms with Gasteiger partial charge >= 0.3 is 5.97 Å². The van der Waals surface area contributed by atoms with Gasteiger partial charge in [0.15, 0.2) is 17.2 Å². The molecule has 0 aliphatic heterocycles. The Balaban J connectivity index is 1.52. The fourth-order valence-electron chi connectivity index (χ4n) is 7.76. The van der Waals surface area contributed by atoms with Crippen LogP contribution < -0.4 is 0 Å². The quantitative estimate of drug-likeness (QED) is 0.400. The third-order valence-corrected chi connectivity index (χ3v) is 9.61. The van der Waals surface area contributed by atoms with Crippen molar-refractivity contribution in [3.8, 4) is 0 Å². The maximum Gasteiger partial charge on any atom is 0.306 e. The number of hydrogen-bond donors (Lipinski definition) is 0. The van der Waals surface area contributed by atoms with E-state index in [-0.39, 0.29) is 23.0 Å². The molecule has 6 atom stereocenters. The van der Waals surface area contributed by atoms with E-state index in [0.29, 0.717) is 37.0 Å². The minimum absolute atomic E-state index is 0.119. The van der Waals surface area contributed by atoms with Crippen molar-refractivity contribution in [1.82, 2.24) is 0 Å². The predicted molar refractivity (Wildman–Crippen MR) is 120 cm³/mol. The molecule has 0 saturated heterocycles. The van der Waals surface area contributed by atoms with Crippen LogP contribution in [-0.4, -0.2) is 23.1 Å². The van der Waals surface area contributed by atoms with E-state index in [0.717, 1.165) is 57.8 Å². The Hall–Kier alpha value is -1.45. The SMILES string of the molecule is CCCCCC(=O)O[C@]1(C)CC[C@H]2[C@@H]3CCC4=CC(=O)CC[C@]4(C)[C@H]3CC[C@]2(C)C1=O. The van der Waals surface area contributed by atoms with Crippen molar-refractivity contribution >= 4 is 17.5 Å². The molecule has 0 amide bonds. The summed E-state index contributed by atoms with van der Waals surface area (Å²) in [6, 6.07) is 0. The zero-order valence-electron chi connectivity index (χ0n) is 19.9. The molecule has 0 aromatic heterocycles. The second-order valence-corrected chi connectivity index (χ2v) is 11.5. The molecule has 0 bridgehead atoms. The van der Waals surface area contributed by atoms with Crippen LogP contribution in [0, 0.1) is 28.6 Å². The molecule has 0 spiro atoms. The van der Waals surface area contributed by atoms with Crippen molar-refractivity contribution in [2.24, 2.45) is 28.6 Å². The molecule has 172 valence electrons. The first-order valence-electron chi connectivity index (χ1n) is 12.6. The van der Waals surface area contributed by atoms with Gasteiger partial charge in [0, 0.05) is 18.3 Å². The van der Waals surface area contributed by atoms with Gasteiger partial charge in [-0.1, -0.05) is 39.2 Å². The highest BCUT2D eigenvalue weighted by molar-refractivity contribution is 5.95. The zero-order valence-corrected chi connectivity index (χ0v) is 19.9. The van der Waals surface area contributed by atoms with Crippen molar-refractivity contribution < 1.29 is 19.1 Å². The van der Waals surface area contributed by atoms with Crippen LogP contribution in [0.3, 0.4) is 0 Å². The molecule has 0 N–H and O–H groups in total. The summed E-state index contributed by atoms with van der Waals surface area (Å²) in [6.45, 7) is 8.49. The molecule has 4 aliphatic carbocycles. The maximum absolute atomic E-state index is 13.8. The number of unbranched alkanes of at least 4 members (excludes halogenated alkanes) is 2. The van der Waals surface area contributed by atoms with Crippen molar-refractivity contribution in [2.45, 2.75) is 110 Å². The Morgan fingerprint density at radius 3 is 2.42 bits per heavy atom. The molecule has 0 radical (unpaired) electrons. The van der Waals surface area contributed by atoms with Crippen molar-refractivity contribution in [3.63, 3.8) is 0 Å². The number of fused-ring (bicyclic) bond motifs is 5. The van der Waals surface area contributed by atoms with Gasteiger partial charge in [-0.2, -0.15) is 0 Å². The number of hydrogen-bond acceptors (Lipinski definition) is 4. The first-order chi connectivity index (χ1) is 14.6. The van der Waals surface area contributed by atoms with Gasteiger partial charge in [-0.3, -0.25) is 14.4 Å². The van der Waals surface area contributed by atoms with Crippen LogP contribution in [-0.2, 0) is 19.1 Å². The Bertz CT molecular complexity index is 797. The number of Topliss-reactive ketones (excluding diaryl/α,β-unsaturated/α-hetero) is 1. The number of ketones is 2. The Morgan fingerprint density at radius 1 is 0.968 bits per heavy atom. The van der Waals surface area contributed by atoms with Crippen molar-refractivity contribution in [1.29, 1.82) is 0 Å². The number of carbonyl (C=O) groups is 3. The van der Waals surface area contributed by atoms with Crippen LogP contribution in [0.5, 0.6) is 0 Å². The molecule has 0 aromatic carbocycles. The molecule has 4 nitrogen and oxygen atoms in total. The predicted octanol–water partition coefficient (Wildman–Crippen LogP) is 5.97. The molecular formula is C27H40O4. The topological polar surface area (TPSA) is 60.4 Å². The summed E-state index contributed by atoms with van der Waals surface area (Å²) in [5, 5.41) is 0. The van der Waals surface area contributed by atoms with E-state index < -0.39 is 11.0 Å². The fourth-order valence-corrected chi connectivity index (χ4v) is 7.76. The number of carbonyl (C=O) groups excluding carboxylic acids is 3. The average molecular weight is 429 g/mol. The second-order valence-electron chi connectivity index (χ2n) is 11.5. The largest absolute Gasteiger partial charge is 0.451 e. The molecule has 3 fully saturated rings. The summed E-state index contributed by atoms with van der Waals surface area (Å²) < 4.78 is 5.87. The highest BCUT2D eigenvalue weighted by atomic mass is 16.6. The lowest BCUT2D eigenvalue weighted by Gasteiger charge is -2.60.